The van der Waals surface area contributed by atoms with Gasteiger partial charge in [-0.1, -0.05) is 12.1 Å². The van der Waals surface area contributed by atoms with Crippen LogP contribution in [-0.2, 0) is 4.74 Å². The highest BCUT2D eigenvalue weighted by Gasteiger charge is 2.27. The average Bonchev–Trinajstić information content (AvgIpc) is 3.11. The number of nitrogens with one attached hydrogen (secondary N) is 1. The first-order valence-electron chi connectivity index (χ1n) is 8.65. The minimum Gasteiger partial charge on any atom is -0.378 e. The topological polar surface area (TPSA) is 75.9 Å². The zero-order valence-electron chi connectivity index (χ0n) is 14.7. The first-order chi connectivity index (χ1) is 13.6. The van der Waals surface area contributed by atoms with Crippen LogP contribution in [0.5, 0.6) is 0 Å². The lowest BCUT2D eigenvalue weighted by Crippen LogP contribution is -2.41. The molecule has 4 rings (SSSR count). The number of anilines is 1. The third-order valence-corrected chi connectivity index (χ3v) is 4.45. The highest BCUT2D eigenvalue weighted by molar-refractivity contribution is 6.09. The molecule has 1 aromatic carbocycles. The number of imidazole rings is 1. The maximum absolute atomic E-state index is 13.9. The number of carbonyl (C=O) groups is 2. The summed E-state index contributed by atoms with van der Waals surface area (Å²) in [6.45, 7) is 1.69. The number of para-hydroxylation sites is 1. The van der Waals surface area contributed by atoms with Crippen molar-refractivity contribution in [2.45, 2.75) is 0 Å². The number of aromatic nitrogens is 2. The minimum absolute atomic E-state index is 0.0525. The van der Waals surface area contributed by atoms with E-state index in [2.05, 4.69) is 10.3 Å². The maximum atomic E-state index is 13.9. The van der Waals surface area contributed by atoms with E-state index in [1.54, 1.807) is 29.3 Å². The lowest BCUT2D eigenvalue weighted by atomic mass is 10.2. The summed E-state index contributed by atoms with van der Waals surface area (Å²) < 4.78 is 34.5. The summed E-state index contributed by atoms with van der Waals surface area (Å²) in [5, 5.41) is 2.21. The van der Waals surface area contributed by atoms with Gasteiger partial charge in [-0.05, 0) is 24.3 Å². The average molecular weight is 386 g/mol. The van der Waals surface area contributed by atoms with Gasteiger partial charge in [0.25, 0.3) is 11.8 Å². The van der Waals surface area contributed by atoms with E-state index < -0.39 is 23.2 Å². The van der Waals surface area contributed by atoms with Gasteiger partial charge in [0.2, 0.25) is 5.82 Å². The van der Waals surface area contributed by atoms with Gasteiger partial charge < -0.3 is 15.0 Å². The first-order valence-corrected chi connectivity index (χ1v) is 8.65. The van der Waals surface area contributed by atoms with Crippen molar-refractivity contribution in [1.82, 2.24) is 14.3 Å². The largest absolute Gasteiger partial charge is 0.378 e. The van der Waals surface area contributed by atoms with E-state index >= 15 is 0 Å². The van der Waals surface area contributed by atoms with Crippen LogP contribution in [-0.4, -0.2) is 52.4 Å². The number of nitrogens with zero attached hydrogens (tertiary/aromatic N) is 3. The molecule has 3 aromatic rings. The number of carbonyl (C=O) groups excluding carboxylic acids is 2. The molecule has 9 heteroatoms. The van der Waals surface area contributed by atoms with E-state index in [0.29, 0.717) is 31.8 Å². The summed E-state index contributed by atoms with van der Waals surface area (Å²) in [4.78, 5) is 31.3. The molecule has 0 aliphatic carbocycles. The third-order valence-electron chi connectivity index (χ3n) is 4.45. The van der Waals surface area contributed by atoms with E-state index in [0.717, 1.165) is 12.1 Å². The summed E-state index contributed by atoms with van der Waals surface area (Å²) in [6, 6.07) is 8.26. The zero-order chi connectivity index (χ0) is 19.7. The standard InChI is InChI=1S/C19H16F2N4O3/c20-12-4-3-5-13(21)15(12)23-18(26)16-14-6-1-2-7-25(14)17(22-16)19(27)24-8-10-28-11-9-24/h1-7H,8-11H2,(H,23,26). The van der Waals surface area contributed by atoms with Crippen LogP contribution < -0.4 is 5.32 Å². The molecule has 0 saturated carbocycles. The summed E-state index contributed by atoms with van der Waals surface area (Å²) in [5.41, 5.74) is -0.307. The molecule has 0 spiro atoms. The molecular weight excluding hydrogens is 370 g/mol. The fourth-order valence-electron chi connectivity index (χ4n) is 3.05. The number of hydrogen-bond donors (Lipinski definition) is 1. The second-order valence-electron chi connectivity index (χ2n) is 6.20. The monoisotopic (exact) mass is 386 g/mol. The van der Waals surface area contributed by atoms with Gasteiger partial charge in [-0.3, -0.25) is 14.0 Å². The van der Waals surface area contributed by atoms with Crippen molar-refractivity contribution in [3.05, 3.63) is 65.7 Å². The molecule has 2 aromatic heterocycles. The summed E-state index contributed by atoms with van der Waals surface area (Å²) in [5.74, 6) is -2.91. The van der Waals surface area contributed by atoms with Crippen molar-refractivity contribution in [3.63, 3.8) is 0 Å². The van der Waals surface area contributed by atoms with E-state index in [9.17, 15) is 18.4 Å². The van der Waals surface area contributed by atoms with Gasteiger partial charge in [-0.2, -0.15) is 0 Å². The van der Waals surface area contributed by atoms with Crippen LogP contribution in [0.25, 0.3) is 5.52 Å². The number of morpholine rings is 1. The van der Waals surface area contributed by atoms with Crippen LogP contribution in [0.15, 0.2) is 42.6 Å². The van der Waals surface area contributed by atoms with Crippen molar-refractivity contribution < 1.29 is 23.1 Å². The molecule has 1 N–H and O–H groups in total. The minimum atomic E-state index is -0.901. The number of halogens is 2. The molecule has 0 atom stereocenters. The fraction of sp³-hybridized carbons (Fsp3) is 0.211. The predicted molar refractivity (Wildman–Crippen MR) is 96.2 cm³/mol. The van der Waals surface area contributed by atoms with E-state index in [1.807, 2.05) is 0 Å². The lowest BCUT2D eigenvalue weighted by Gasteiger charge is -2.26. The van der Waals surface area contributed by atoms with Crippen molar-refractivity contribution in [3.8, 4) is 0 Å². The Morgan fingerprint density at radius 1 is 1.04 bits per heavy atom. The second-order valence-corrected chi connectivity index (χ2v) is 6.20. The van der Waals surface area contributed by atoms with Crippen LogP contribution >= 0.6 is 0 Å². The number of pyridine rings is 1. The molecular formula is C19H16F2N4O3. The zero-order valence-corrected chi connectivity index (χ0v) is 14.7. The number of amides is 2. The normalized spacial score (nSPS) is 14.3. The van der Waals surface area contributed by atoms with Crippen LogP contribution in [0.1, 0.15) is 21.1 Å². The Labute approximate surface area is 158 Å². The number of fused-ring (bicyclic) bond motifs is 1. The summed E-state index contributed by atoms with van der Waals surface area (Å²) >= 11 is 0. The highest BCUT2D eigenvalue weighted by atomic mass is 19.1. The van der Waals surface area contributed by atoms with Gasteiger partial charge in [-0.15, -0.1) is 0 Å². The predicted octanol–water partition coefficient (Wildman–Crippen LogP) is 2.34. The van der Waals surface area contributed by atoms with Crippen molar-refractivity contribution in [1.29, 1.82) is 0 Å². The van der Waals surface area contributed by atoms with Crippen molar-refractivity contribution in [2.75, 3.05) is 31.6 Å². The van der Waals surface area contributed by atoms with Crippen LogP contribution in [0, 0.1) is 11.6 Å². The van der Waals surface area contributed by atoms with E-state index in [-0.39, 0.29) is 17.4 Å². The molecule has 144 valence electrons. The number of benzene rings is 1. The molecule has 1 aliphatic rings. The van der Waals surface area contributed by atoms with E-state index in [1.165, 1.54) is 10.5 Å². The molecule has 3 heterocycles. The Bertz CT molecular complexity index is 1040. The summed E-state index contributed by atoms with van der Waals surface area (Å²) in [7, 11) is 0. The van der Waals surface area contributed by atoms with Gasteiger partial charge >= 0.3 is 0 Å². The third kappa shape index (κ3) is 3.20. The molecule has 0 bridgehead atoms. The number of ether oxygens (including phenoxy) is 1. The quantitative estimate of drug-likeness (QED) is 0.750. The molecule has 1 aliphatic heterocycles. The fourth-order valence-corrected chi connectivity index (χ4v) is 3.05. The highest BCUT2D eigenvalue weighted by Crippen LogP contribution is 2.21. The second kappa shape index (κ2) is 7.35. The molecule has 7 nitrogen and oxygen atoms in total. The Kier molecular flexibility index (Phi) is 4.74. The molecule has 1 fully saturated rings. The first kappa shape index (κ1) is 18.1. The molecule has 0 radical (unpaired) electrons. The molecule has 28 heavy (non-hydrogen) atoms. The molecule has 0 unspecified atom stereocenters. The van der Waals surface area contributed by atoms with Gasteiger partial charge in [-0.25, -0.2) is 13.8 Å². The van der Waals surface area contributed by atoms with Gasteiger partial charge in [0.05, 0.1) is 18.7 Å². The van der Waals surface area contributed by atoms with Crippen LogP contribution in [0.4, 0.5) is 14.5 Å². The Hall–Kier alpha value is -3.33. The summed E-state index contributed by atoms with van der Waals surface area (Å²) in [6.07, 6.45) is 1.61. The SMILES string of the molecule is O=C(Nc1c(F)cccc1F)c1nc(C(=O)N2CCOCC2)n2ccccc12. The van der Waals surface area contributed by atoms with Crippen molar-refractivity contribution >= 4 is 23.0 Å². The van der Waals surface area contributed by atoms with Crippen LogP contribution in [0.3, 0.4) is 0 Å². The van der Waals surface area contributed by atoms with E-state index in [4.69, 9.17) is 4.74 Å². The number of hydrogen-bond acceptors (Lipinski definition) is 4. The van der Waals surface area contributed by atoms with Crippen LogP contribution in [0.2, 0.25) is 0 Å². The number of rotatable bonds is 3. The Morgan fingerprint density at radius 2 is 1.75 bits per heavy atom. The van der Waals surface area contributed by atoms with Gasteiger partial charge in [0, 0.05) is 19.3 Å². The smallest absolute Gasteiger partial charge is 0.290 e. The Morgan fingerprint density at radius 3 is 2.46 bits per heavy atom. The van der Waals surface area contributed by atoms with Crippen molar-refractivity contribution in [2.24, 2.45) is 0 Å². The molecule has 1 saturated heterocycles. The lowest BCUT2D eigenvalue weighted by molar-refractivity contribution is 0.0294. The van der Waals surface area contributed by atoms with Gasteiger partial charge in [0.1, 0.15) is 17.3 Å². The molecule has 2 amide bonds. The Balaban J connectivity index is 1.71. The van der Waals surface area contributed by atoms with Gasteiger partial charge in [0.15, 0.2) is 5.69 Å². The maximum Gasteiger partial charge on any atom is 0.290 e.